The fourth-order valence-corrected chi connectivity index (χ4v) is 2.21. The van der Waals surface area contributed by atoms with Crippen molar-refractivity contribution in [1.82, 2.24) is 4.90 Å². The molecule has 1 aromatic rings. The van der Waals surface area contributed by atoms with Crippen molar-refractivity contribution < 1.29 is 0 Å². The van der Waals surface area contributed by atoms with E-state index in [1.807, 2.05) is 0 Å². The first kappa shape index (κ1) is 11.4. The second-order valence-electron chi connectivity index (χ2n) is 4.64. The third-order valence-corrected chi connectivity index (χ3v) is 3.27. The second-order valence-corrected chi connectivity index (χ2v) is 4.64. The molecule has 1 atom stereocenters. The number of rotatable bonds is 2. The van der Waals surface area contributed by atoms with Gasteiger partial charge in [0.15, 0.2) is 0 Å². The number of piperazine rings is 1. The van der Waals surface area contributed by atoms with Crippen molar-refractivity contribution in [3.8, 4) is 0 Å². The van der Waals surface area contributed by atoms with Gasteiger partial charge in [0.05, 0.1) is 0 Å². The Morgan fingerprint density at radius 2 is 1.75 bits per heavy atom. The van der Waals surface area contributed by atoms with E-state index in [0.717, 1.165) is 26.2 Å². The van der Waals surface area contributed by atoms with Gasteiger partial charge in [0.2, 0.25) is 0 Å². The van der Waals surface area contributed by atoms with Gasteiger partial charge in [-0.3, -0.25) is 0 Å². The van der Waals surface area contributed by atoms with Gasteiger partial charge in [-0.05, 0) is 25.6 Å². The van der Waals surface area contributed by atoms with E-state index in [1.54, 1.807) is 0 Å². The van der Waals surface area contributed by atoms with Gasteiger partial charge in [-0.15, -0.1) is 0 Å². The van der Waals surface area contributed by atoms with Crippen LogP contribution in [-0.4, -0.2) is 38.1 Å². The second kappa shape index (κ2) is 4.85. The van der Waals surface area contributed by atoms with Crippen LogP contribution in [0.2, 0.25) is 0 Å². The SMILES string of the molecule is C[C@H](N)c1ccccc1N1CCN(C)CC1. The van der Waals surface area contributed by atoms with E-state index in [4.69, 9.17) is 5.73 Å². The summed E-state index contributed by atoms with van der Waals surface area (Å²) in [6, 6.07) is 8.59. The first-order valence-electron chi connectivity index (χ1n) is 5.96. The predicted molar refractivity (Wildman–Crippen MR) is 68.8 cm³/mol. The lowest BCUT2D eigenvalue weighted by Gasteiger charge is -2.35. The summed E-state index contributed by atoms with van der Waals surface area (Å²) in [6.07, 6.45) is 0. The number of para-hydroxylation sites is 1. The van der Waals surface area contributed by atoms with Gasteiger partial charge in [0.1, 0.15) is 0 Å². The van der Waals surface area contributed by atoms with E-state index < -0.39 is 0 Å². The molecular formula is C13H21N3. The van der Waals surface area contributed by atoms with Crippen molar-refractivity contribution >= 4 is 5.69 Å². The molecule has 3 nitrogen and oxygen atoms in total. The van der Waals surface area contributed by atoms with Crippen molar-refractivity contribution in [1.29, 1.82) is 0 Å². The third-order valence-electron chi connectivity index (χ3n) is 3.27. The van der Waals surface area contributed by atoms with Crippen LogP contribution in [0.15, 0.2) is 24.3 Å². The standard InChI is InChI=1S/C13H21N3/c1-11(14)12-5-3-4-6-13(12)16-9-7-15(2)8-10-16/h3-6,11H,7-10,14H2,1-2H3/t11-/m0/s1. The van der Waals surface area contributed by atoms with Crippen LogP contribution in [0.3, 0.4) is 0 Å². The highest BCUT2D eigenvalue weighted by Crippen LogP contribution is 2.25. The molecule has 0 saturated carbocycles. The molecule has 1 fully saturated rings. The van der Waals surface area contributed by atoms with Crippen LogP contribution in [0, 0.1) is 0 Å². The van der Waals surface area contributed by atoms with E-state index in [9.17, 15) is 0 Å². The molecule has 1 aromatic carbocycles. The highest BCUT2D eigenvalue weighted by atomic mass is 15.2. The van der Waals surface area contributed by atoms with Crippen LogP contribution >= 0.6 is 0 Å². The topological polar surface area (TPSA) is 32.5 Å². The van der Waals surface area contributed by atoms with E-state index >= 15 is 0 Å². The van der Waals surface area contributed by atoms with Crippen molar-refractivity contribution in [3.05, 3.63) is 29.8 Å². The van der Waals surface area contributed by atoms with Gasteiger partial charge in [-0.25, -0.2) is 0 Å². The quantitative estimate of drug-likeness (QED) is 0.817. The van der Waals surface area contributed by atoms with Gasteiger partial charge >= 0.3 is 0 Å². The van der Waals surface area contributed by atoms with Crippen LogP contribution in [0.25, 0.3) is 0 Å². The van der Waals surface area contributed by atoms with Crippen molar-refractivity contribution in [2.75, 3.05) is 38.1 Å². The zero-order valence-corrected chi connectivity index (χ0v) is 10.2. The van der Waals surface area contributed by atoms with Crippen LogP contribution in [0.4, 0.5) is 5.69 Å². The molecule has 0 bridgehead atoms. The summed E-state index contributed by atoms with van der Waals surface area (Å²) >= 11 is 0. The average molecular weight is 219 g/mol. The Morgan fingerprint density at radius 3 is 2.38 bits per heavy atom. The summed E-state index contributed by atoms with van der Waals surface area (Å²) < 4.78 is 0. The molecule has 2 rings (SSSR count). The van der Waals surface area contributed by atoms with E-state index in [0.29, 0.717) is 0 Å². The lowest BCUT2D eigenvalue weighted by molar-refractivity contribution is 0.312. The average Bonchev–Trinajstić information content (AvgIpc) is 2.30. The molecule has 16 heavy (non-hydrogen) atoms. The number of benzene rings is 1. The summed E-state index contributed by atoms with van der Waals surface area (Å²) in [7, 11) is 2.18. The Hall–Kier alpha value is -1.06. The van der Waals surface area contributed by atoms with Crippen molar-refractivity contribution in [3.63, 3.8) is 0 Å². The van der Waals surface area contributed by atoms with Crippen molar-refractivity contribution in [2.24, 2.45) is 5.73 Å². The summed E-state index contributed by atoms with van der Waals surface area (Å²) in [4.78, 5) is 4.81. The van der Waals surface area contributed by atoms with Crippen LogP contribution in [0.5, 0.6) is 0 Å². The molecule has 0 unspecified atom stereocenters. The Morgan fingerprint density at radius 1 is 1.12 bits per heavy atom. The maximum Gasteiger partial charge on any atom is 0.0415 e. The van der Waals surface area contributed by atoms with Crippen LogP contribution in [0.1, 0.15) is 18.5 Å². The van der Waals surface area contributed by atoms with E-state index in [2.05, 4.69) is 48.0 Å². The van der Waals surface area contributed by atoms with Crippen molar-refractivity contribution in [2.45, 2.75) is 13.0 Å². The molecule has 1 heterocycles. The minimum absolute atomic E-state index is 0.107. The maximum atomic E-state index is 6.01. The van der Waals surface area contributed by atoms with Gasteiger partial charge < -0.3 is 15.5 Å². The summed E-state index contributed by atoms with van der Waals surface area (Å²) in [6.45, 7) is 6.51. The molecule has 3 heteroatoms. The first-order chi connectivity index (χ1) is 7.68. The van der Waals surface area contributed by atoms with Crippen LogP contribution < -0.4 is 10.6 Å². The molecule has 0 aromatic heterocycles. The minimum Gasteiger partial charge on any atom is -0.369 e. The number of likely N-dealkylation sites (N-methyl/N-ethyl adjacent to an activating group) is 1. The Balaban J connectivity index is 2.19. The fourth-order valence-electron chi connectivity index (χ4n) is 2.21. The Bertz CT molecular complexity index is 341. The monoisotopic (exact) mass is 219 g/mol. The van der Waals surface area contributed by atoms with E-state index in [1.165, 1.54) is 11.3 Å². The predicted octanol–water partition coefficient (Wildman–Crippen LogP) is 1.46. The van der Waals surface area contributed by atoms with Gasteiger partial charge in [-0.1, -0.05) is 18.2 Å². The molecule has 0 aliphatic carbocycles. The summed E-state index contributed by atoms with van der Waals surface area (Å²) in [5.41, 5.74) is 8.58. The van der Waals surface area contributed by atoms with Gasteiger partial charge in [-0.2, -0.15) is 0 Å². The zero-order chi connectivity index (χ0) is 11.5. The number of anilines is 1. The maximum absolute atomic E-state index is 6.01. The molecular weight excluding hydrogens is 198 g/mol. The summed E-state index contributed by atoms with van der Waals surface area (Å²) in [5, 5.41) is 0. The molecule has 1 aliphatic rings. The smallest absolute Gasteiger partial charge is 0.0415 e. The summed E-state index contributed by atoms with van der Waals surface area (Å²) in [5.74, 6) is 0. The lowest BCUT2D eigenvalue weighted by atomic mass is 10.1. The molecule has 88 valence electrons. The molecule has 0 radical (unpaired) electrons. The highest BCUT2D eigenvalue weighted by Gasteiger charge is 2.17. The Kier molecular flexibility index (Phi) is 3.46. The molecule has 1 aliphatic heterocycles. The number of hydrogen-bond acceptors (Lipinski definition) is 3. The number of nitrogens with zero attached hydrogens (tertiary/aromatic N) is 2. The van der Waals surface area contributed by atoms with Crippen LogP contribution in [-0.2, 0) is 0 Å². The molecule has 0 amide bonds. The molecule has 0 spiro atoms. The third kappa shape index (κ3) is 2.36. The largest absolute Gasteiger partial charge is 0.369 e. The lowest BCUT2D eigenvalue weighted by Crippen LogP contribution is -2.45. The van der Waals surface area contributed by atoms with E-state index in [-0.39, 0.29) is 6.04 Å². The number of hydrogen-bond donors (Lipinski definition) is 1. The Labute approximate surface area is 97.8 Å². The van der Waals surface area contributed by atoms with Gasteiger partial charge in [0, 0.05) is 37.9 Å². The molecule has 1 saturated heterocycles. The van der Waals surface area contributed by atoms with Gasteiger partial charge in [0.25, 0.3) is 0 Å². The fraction of sp³-hybridized carbons (Fsp3) is 0.538. The highest BCUT2D eigenvalue weighted by molar-refractivity contribution is 5.55. The normalized spacial score (nSPS) is 19.8. The number of nitrogens with two attached hydrogens (primary N) is 1. The zero-order valence-electron chi connectivity index (χ0n) is 10.2. The first-order valence-corrected chi connectivity index (χ1v) is 5.96. The minimum atomic E-state index is 0.107. The molecule has 2 N–H and O–H groups in total.